The third kappa shape index (κ3) is 2.89. The number of carboxylic acids is 1. The van der Waals surface area contributed by atoms with Crippen LogP contribution in [-0.4, -0.2) is 57.7 Å². The van der Waals surface area contributed by atoms with Gasteiger partial charge in [-0.1, -0.05) is 12.1 Å². The van der Waals surface area contributed by atoms with Crippen LogP contribution in [-0.2, 0) is 9.53 Å². The van der Waals surface area contributed by atoms with E-state index in [0.29, 0.717) is 24.2 Å². The first-order valence-electron chi connectivity index (χ1n) is 6.97. The number of carbonyl (C=O) groups excluding carboxylic acids is 1. The molecule has 1 aliphatic rings. The number of hydrogen-bond acceptors (Lipinski definition) is 5. The van der Waals surface area contributed by atoms with Crippen LogP contribution in [0.15, 0.2) is 30.5 Å². The minimum absolute atomic E-state index is 0.146. The maximum Gasteiger partial charge on any atom is 0.305 e. The van der Waals surface area contributed by atoms with Gasteiger partial charge in [0.15, 0.2) is 0 Å². The molecule has 1 saturated heterocycles. The molecular weight excluding hydrogens is 286 g/mol. The van der Waals surface area contributed by atoms with Crippen LogP contribution in [0.5, 0.6) is 0 Å². The molecule has 2 aromatic rings. The Hall–Kier alpha value is -2.54. The second kappa shape index (κ2) is 6.07. The van der Waals surface area contributed by atoms with Gasteiger partial charge in [-0.3, -0.25) is 14.6 Å². The summed E-state index contributed by atoms with van der Waals surface area (Å²) >= 11 is 0. The van der Waals surface area contributed by atoms with Crippen molar-refractivity contribution in [3.63, 3.8) is 0 Å². The van der Waals surface area contributed by atoms with Crippen LogP contribution in [0, 0.1) is 0 Å². The molecule has 1 aliphatic heterocycles. The third-order valence-corrected chi connectivity index (χ3v) is 3.57. The van der Waals surface area contributed by atoms with E-state index in [1.807, 2.05) is 18.2 Å². The van der Waals surface area contributed by atoms with Crippen molar-refractivity contribution in [3.05, 3.63) is 36.2 Å². The Bertz CT molecular complexity index is 719. The number of carbonyl (C=O) groups is 2. The summed E-state index contributed by atoms with van der Waals surface area (Å²) in [6, 6.07) is 6.80. The van der Waals surface area contributed by atoms with E-state index in [9.17, 15) is 9.59 Å². The fraction of sp³-hybridized carbons (Fsp3) is 0.333. The molecule has 0 bridgehead atoms. The fourth-order valence-electron chi connectivity index (χ4n) is 2.50. The highest BCUT2D eigenvalue weighted by atomic mass is 16.5. The summed E-state index contributed by atoms with van der Waals surface area (Å²) in [4.78, 5) is 33.6. The molecular formula is C15H15N3O4. The summed E-state index contributed by atoms with van der Waals surface area (Å²) in [6.07, 6.45) is 1.28. The molecule has 1 unspecified atom stereocenters. The fourth-order valence-corrected chi connectivity index (χ4v) is 2.50. The summed E-state index contributed by atoms with van der Waals surface area (Å²) in [5, 5.41) is 8.96. The monoisotopic (exact) mass is 301 g/mol. The van der Waals surface area contributed by atoms with E-state index in [1.165, 1.54) is 11.1 Å². The van der Waals surface area contributed by atoms with Gasteiger partial charge >= 0.3 is 5.97 Å². The lowest BCUT2D eigenvalue weighted by molar-refractivity contribution is -0.139. The highest BCUT2D eigenvalue weighted by Crippen LogP contribution is 2.16. The molecule has 2 heterocycles. The summed E-state index contributed by atoms with van der Waals surface area (Å²) in [6.45, 7) is 0.965. The number of fused-ring (bicyclic) bond motifs is 1. The predicted molar refractivity (Wildman–Crippen MR) is 77.4 cm³/mol. The SMILES string of the molecule is O=C(O)CC1COCCN1C(=O)c1cnc2ccccc2n1. The van der Waals surface area contributed by atoms with Gasteiger partial charge in [0.1, 0.15) is 5.69 Å². The van der Waals surface area contributed by atoms with E-state index < -0.39 is 12.0 Å². The van der Waals surface area contributed by atoms with Crippen LogP contribution in [0.1, 0.15) is 16.9 Å². The average molecular weight is 301 g/mol. The van der Waals surface area contributed by atoms with Crippen LogP contribution < -0.4 is 0 Å². The lowest BCUT2D eigenvalue weighted by atomic mass is 10.1. The summed E-state index contributed by atoms with van der Waals surface area (Å²) < 4.78 is 5.28. The van der Waals surface area contributed by atoms with Crippen LogP contribution in [0.25, 0.3) is 11.0 Å². The Labute approximate surface area is 126 Å². The minimum atomic E-state index is -0.960. The molecule has 0 aliphatic carbocycles. The van der Waals surface area contributed by atoms with Gasteiger partial charge in [0.25, 0.3) is 5.91 Å². The van der Waals surface area contributed by atoms with Crippen molar-refractivity contribution in [2.75, 3.05) is 19.8 Å². The highest BCUT2D eigenvalue weighted by molar-refractivity contribution is 5.94. The van der Waals surface area contributed by atoms with Crippen LogP contribution in [0.4, 0.5) is 0 Å². The smallest absolute Gasteiger partial charge is 0.305 e. The Morgan fingerprint density at radius 2 is 2.09 bits per heavy atom. The molecule has 114 valence electrons. The predicted octanol–water partition coefficient (Wildman–Crippen LogP) is 0.945. The lowest BCUT2D eigenvalue weighted by Gasteiger charge is -2.34. The largest absolute Gasteiger partial charge is 0.481 e. The second-order valence-electron chi connectivity index (χ2n) is 5.07. The number of ether oxygens (including phenoxy) is 1. The zero-order valence-corrected chi connectivity index (χ0v) is 11.8. The van der Waals surface area contributed by atoms with E-state index in [-0.39, 0.29) is 24.6 Å². The van der Waals surface area contributed by atoms with Gasteiger partial charge in [0, 0.05) is 6.54 Å². The molecule has 1 N–H and O–H groups in total. The average Bonchev–Trinajstić information content (AvgIpc) is 2.54. The minimum Gasteiger partial charge on any atom is -0.481 e. The third-order valence-electron chi connectivity index (χ3n) is 3.57. The zero-order valence-electron chi connectivity index (χ0n) is 11.8. The molecule has 7 heteroatoms. The first-order valence-corrected chi connectivity index (χ1v) is 6.97. The number of rotatable bonds is 3. The van der Waals surface area contributed by atoms with Crippen LogP contribution in [0.3, 0.4) is 0 Å². The van der Waals surface area contributed by atoms with Crippen molar-refractivity contribution < 1.29 is 19.4 Å². The Morgan fingerprint density at radius 1 is 1.32 bits per heavy atom. The van der Waals surface area contributed by atoms with Crippen molar-refractivity contribution in [2.24, 2.45) is 0 Å². The van der Waals surface area contributed by atoms with Gasteiger partial charge in [0.05, 0.1) is 42.9 Å². The summed E-state index contributed by atoms with van der Waals surface area (Å²) in [5.74, 6) is -1.27. The first kappa shape index (κ1) is 14.4. The molecule has 1 aromatic heterocycles. The number of benzene rings is 1. The first-order chi connectivity index (χ1) is 10.6. The van der Waals surface area contributed by atoms with Gasteiger partial charge < -0.3 is 14.7 Å². The van der Waals surface area contributed by atoms with E-state index in [2.05, 4.69) is 9.97 Å². The molecule has 0 spiro atoms. The second-order valence-corrected chi connectivity index (χ2v) is 5.07. The van der Waals surface area contributed by atoms with Crippen LogP contribution >= 0.6 is 0 Å². The van der Waals surface area contributed by atoms with Gasteiger partial charge in [-0.15, -0.1) is 0 Å². The highest BCUT2D eigenvalue weighted by Gasteiger charge is 2.30. The molecule has 1 atom stereocenters. The number of aliphatic carboxylic acids is 1. The standard InChI is InChI=1S/C15H15N3O4/c19-14(20)7-10-9-22-6-5-18(10)15(21)13-8-16-11-3-1-2-4-12(11)17-13/h1-4,8,10H,5-7,9H2,(H,19,20). The summed E-state index contributed by atoms with van der Waals surface area (Å²) in [5.41, 5.74) is 1.57. The number of carboxylic acid groups (broad SMARTS) is 1. The van der Waals surface area contributed by atoms with Gasteiger partial charge in [-0.2, -0.15) is 0 Å². The molecule has 3 rings (SSSR count). The molecule has 0 radical (unpaired) electrons. The maximum atomic E-state index is 12.6. The normalized spacial score (nSPS) is 18.4. The van der Waals surface area contributed by atoms with E-state index in [1.54, 1.807) is 6.07 Å². The van der Waals surface area contributed by atoms with E-state index in [4.69, 9.17) is 9.84 Å². The van der Waals surface area contributed by atoms with Gasteiger partial charge in [-0.05, 0) is 12.1 Å². The number of amides is 1. The van der Waals surface area contributed by atoms with Crippen molar-refractivity contribution in [1.29, 1.82) is 0 Å². The van der Waals surface area contributed by atoms with Gasteiger partial charge in [0.2, 0.25) is 0 Å². The van der Waals surface area contributed by atoms with E-state index >= 15 is 0 Å². The molecule has 22 heavy (non-hydrogen) atoms. The molecule has 7 nitrogen and oxygen atoms in total. The summed E-state index contributed by atoms with van der Waals surface area (Å²) in [7, 11) is 0. The van der Waals surface area contributed by atoms with E-state index in [0.717, 1.165) is 0 Å². The topological polar surface area (TPSA) is 92.6 Å². The molecule has 1 aromatic carbocycles. The van der Waals surface area contributed by atoms with Crippen molar-refractivity contribution >= 4 is 22.9 Å². The van der Waals surface area contributed by atoms with Crippen molar-refractivity contribution in [2.45, 2.75) is 12.5 Å². The zero-order chi connectivity index (χ0) is 15.5. The van der Waals surface area contributed by atoms with Crippen molar-refractivity contribution in [1.82, 2.24) is 14.9 Å². The Kier molecular flexibility index (Phi) is 3.97. The van der Waals surface area contributed by atoms with Crippen LogP contribution in [0.2, 0.25) is 0 Å². The number of morpholine rings is 1. The number of nitrogens with zero attached hydrogens (tertiary/aromatic N) is 3. The lowest BCUT2D eigenvalue weighted by Crippen LogP contribution is -2.49. The van der Waals surface area contributed by atoms with Crippen molar-refractivity contribution in [3.8, 4) is 0 Å². The molecule has 1 amide bonds. The van der Waals surface area contributed by atoms with Gasteiger partial charge in [-0.25, -0.2) is 4.98 Å². The Balaban J connectivity index is 1.87. The quantitative estimate of drug-likeness (QED) is 0.907. The Morgan fingerprint density at radius 3 is 2.86 bits per heavy atom. The molecule has 1 fully saturated rings. The maximum absolute atomic E-state index is 12.6. The molecule has 0 saturated carbocycles. The number of para-hydroxylation sites is 2. The number of aromatic nitrogens is 2. The number of hydrogen-bond donors (Lipinski definition) is 1.